The Bertz CT molecular complexity index is 727. The molecule has 134 valence electrons. The van der Waals surface area contributed by atoms with Crippen LogP contribution in [0.3, 0.4) is 0 Å². The van der Waals surface area contributed by atoms with E-state index in [0.29, 0.717) is 17.5 Å². The highest BCUT2D eigenvalue weighted by Crippen LogP contribution is 2.23. The summed E-state index contributed by atoms with van der Waals surface area (Å²) < 4.78 is 5.59. The monoisotopic (exact) mass is 360 g/mol. The first-order valence-electron chi connectivity index (χ1n) is 8.94. The molecule has 0 atom stereocenters. The number of aromatic amines is 1. The van der Waals surface area contributed by atoms with E-state index in [2.05, 4.69) is 15.1 Å². The Morgan fingerprint density at radius 2 is 2.00 bits per heavy atom. The van der Waals surface area contributed by atoms with Crippen molar-refractivity contribution in [2.75, 3.05) is 37.7 Å². The van der Waals surface area contributed by atoms with Gasteiger partial charge in [0.1, 0.15) is 11.5 Å². The maximum atomic E-state index is 12.7. The van der Waals surface area contributed by atoms with Gasteiger partial charge < -0.3 is 9.32 Å². The SMILES string of the molecule is Cc1ccc(-c2cc(C(=O)N3CCC(N4CCSCC4)CC3)n[nH]2)o1. The summed E-state index contributed by atoms with van der Waals surface area (Å²) in [6, 6.07) is 6.21. The molecule has 0 bridgehead atoms. The fraction of sp³-hybridized carbons (Fsp3) is 0.556. The number of aryl methyl sites for hydroxylation is 1. The fourth-order valence-electron chi connectivity index (χ4n) is 3.68. The van der Waals surface area contributed by atoms with E-state index >= 15 is 0 Å². The molecular weight excluding hydrogens is 336 g/mol. The van der Waals surface area contributed by atoms with Crippen molar-refractivity contribution in [1.29, 1.82) is 0 Å². The van der Waals surface area contributed by atoms with Crippen molar-refractivity contribution in [1.82, 2.24) is 20.0 Å². The van der Waals surface area contributed by atoms with Crippen molar-refractivity contribution < 1.29 is 9.21 Å². The topological polar surface area (TPSA) is 65.4 Å². The number of amides is 1. The summed E-state index contributed by atoms with van der Waals surface area (Å²) in [5, 5.41) is 7.11. The molecule has 1 amide bonds. The van der Waals surface area contributed by atoms with Gasteiger partial charge in [0.2, 0.25) is 0 Å². The average Bonchev–Trinajstić information content (AvgIpc) is 3.31. The predicted octanol–water partition coefficient (Wildman–Crippen LogP) is 2.63. The van der Waals surface area contributed by atoms with Gasteiger partial charge in [-0.25, -0.2) is 0 Å². The number of hydrogen-bond donors (Lipinski definition) is 1. The fourth-order valence-corrected chi connectivity index (χ4v) is 4.61. The van der Waals surface area contributed by atoms with Gasteiger partial charge in [0.15, 0.2) is 11.5 Å². The van der Waals surface area contributed by atoms with Crippen LogP contribution >= 0.6 is 11.8 Å². The van der Waals surface area contributed by atoms with Gasteiger partial charge in [0.05, 0.1) is 0 Å². The molecule has 0 radical (unpaired) electrons. The molecule has 2 aliphatic rings. The van der Waals surface area contributed by atoms with Crippen molar-refractivity contribution in [2.45, 2.75) is 25.8 Å². The Hall–Kier alpha value is -1.73. The molecule has 0 aromatic carbocycles. The summed E-state index contributed by atoms with van der Waals surface area (Å²) in [6.45, 7) is 5.91. The van der Waals surface area contributed by atoms with Crippen molar-refractivity contribution in [3.05, 3.63) is 29.7 Å². The largest absolute Gasteiger partial charge is 0.460 e. The normalized spacial score (nSPS) is 20.1. The highest BCUT2D eigenvalue weighted by molar-refractivity contribution is 7.99. The standard InChI is InChI=1S/C18H24N4O2S/c1-13-2-3-17(24-13)15-12-16(20-19-15)18(23)22-6-4-14(5-7-22)21-8-10-25-11-9-21/h2-3,12,14H,4-11H2,1H3,(H,19,20). The van der Waals surface area contributed by atoms with Crippen molar-refractivity contribution in [2.24, 2.45) is 0 Å². The Balaban J connectivity index is 1.36. The number of rotatable bonds is 3. The number of carbonyl (C=O) groups is 1. The molecule has 4 heterocycles. The molecule has 2 aromatic rings. The minimum atomic E-state index is 0.0124. The summed E-state index contributed by atoms with van der Waals surface area (Å²) in [5.74, 6) is 4.04. The molecule has 0 aliphatic carbocycles. The highest BCUT2D eigenvalue weighted by atomic mass is 32.2. The van der Waals surface area contributed by atoms with Crippen molar-refractivity contribution >= 4 is 17.7 Å². The summed E-state index contributed by atoms with van der Waals surface area (Å²) in [7, 11) is 0. The van der Waals surface area contributed by atoms with E-state index in [1.54, 1.807) is 6.07 Å². The van der Waals surface area contributed by atoms with Crippen LogP contribution in [0, 0.1) is 6.92 Å². The van der Waals surface area contributed by atoms with Gasteiger partial charge in [-0.1, -0.05) is 0 Å². The highest BCUT2D eigenvalue weighted by Gasteiger charge is 2.29. The minimum absolute atomic E-state index is 0.0124. The molecule has 2 aliphatic heterocycles. The second kappa shape index (κ2) is 7.25. The van der Waals surface area contributed by atoms with E-state index in [1.165, 1.54) is 24.6 Å². The van der Waals surface area contributed by atoms with Crippen LogP contribution in [0.25, 0.3) is 11.5 Å². The third-order valence-corrected chi connectivity index (χ3v) is 6.06. The molecular formula is C18H24N4O2S. The molecule has 6 nitrogen and oxygen atoms in total. The first kappa shape index (κ1) is 16.7. The second-order valence-electron chi connectivity index (χ2n) is 6.75. The lowest BCUT2D eigenvalue weighted by Gasteiger charge is -2.39. The zero-order valence-corrected chi connectivity index (χ0v) is 15.3. The third kappa shape index (κ3) is 3.62. The second-order valence-corrected chi connectivity index (χ2v) is 7.97. The Morgan fingerprint density at radius 3 is 2.68 bits per heavy atom. The molecule has 2 fully saturated rings. The molecule has 0 spiro atoms. The van der Waals surface area contributed by atoms with Crippen LogP contribution in [0.15, 0.2) is 22.6 Å². The lowest BCUT2D eigenvalue weighted by Crippen LogP contribution is -2.49. The number of hydrogen-bond acceptors (Lipinski definition) is 5. The number of nitrogens with one attached hydrogen (secondary N) is 1. The van der Waals surface area contributed by atoms with Gasteiger partial charge in [0, 0.05) is 49.8 Å². The van der Waals surface area contributed by atoms with E-state index in [-0.39, 0.29) is 5.91 Å². The lowest BCUT2D eigenvalue weighted by molar-refractivity contribution is 0.0625. The van der Waals surface area contributed by atoms with Crippen molar-refractivity contribution in [3.63, 3.8) is 0 Å². The van der Waals surface area contributed by atoms with Crippen LogP contribution < -0.4 is 0 Å². The van der Waals surface area contributed by atoms with Gasteiger partial charge in [-0.3, -0.25) is 14.8 Å². The zero-order chi connectivity index (χ0) is 17.2. The number of H-pyrrole nitrogens is 1. The van der Waals surface area contributed by atoms with Crippen LogP contribution in [-0.2, 0) is 0 Å². The average molecular weight is 360 g/mol. The number of likely N-dealkylation sites (tertiary alicyclic amines) is 1. The number of thioether (sulfide) groups is 1. The van der Waals surface area contributed by atoms with E-state index in [1.807, 2.05) is 35.7 Å². The van der Waals surface area contributed by atoms with E-state index < -0.39 is 0 Å². The van der Waals surface area contributed by atoms with Gasteiger partial charge in [-0.15, -0.1) is 0 Å². The Labute approximate surface area is 151 Å². The van der Waals surface area contributed by atoms with Crippen LogP contribution in [0.2, 0.25) is 0 Å². The Kier molecular flexibility index (Phi) is 4.85. The molecule has 2 aromatic heterocycles. The number of nitrogens with zero attached hydrogens (tertiary/aromatic N) is 3. The number of furan rings is 1. The lowest BCUT2D eigenvalue weighted by atomic mass is 10.0. The molecule has 4 rings (SSSR count). The van der Waals surface area contributed by atoms with Gasteiger partial charge in [0.25, 0.3) is 5.91 Å². The maximum Gasteiger partial charge on any atom is 0.274 e. The molecule has 0 unspecified atom stereocenters. The first-order chi connectivity index (χ1) is 12.2. The van der Waals surface area contributed by atoms with Crippen LogP contribution in [0.1, 0.15) is 29.1 Å². The molecule has 1 N–H and O–H groups in total. The zero-order valence-electron chi connectivity index (χ0n) is 14.5. The van der Waals surface area contributed by atoms with Crippen LogP contribution in [-0.4, -0.2) is 69.6 Å². The molecule has 7 heteroatoms. The van der Waals surface area contributed by atoms with Crippen LogP contribution in [0.4, 0.5) is 0 Å². The first-order valence-corrected chi connectivity index (χ1v) is 10.1. The predicted molar refractivity (Wildman–Crippen MR) is 98.9 cm³/mol. The quantitative estimate of drug-likeness (QED) is 0.911. The van der Waals surface area contributed by atoms with Crippen molar-refractivity contribution in [3.8, 4) is 11.5 Å². The van der Waals surface area contributed by atoms with Crippen LogP contribution in [0.5, 0.6) is 0 Å². The van der Waals surface area contributed by atoms with Gasteiger partial charge >= 0.3 is 0 Å². The molecule has 0 saturated carbocycles. The smallest absolute Gasteiger partial charge is 0.274 e. The van der Waals surface area contributed by atoms with Gasteiger partial charge in [-0.2, -0.15) is 16.9 Å². The van der Waals surface area contributed by atoms with Gasteiger partial charge in [-0.05, 0) is 31.9 Å². The Morgan fingerprint density at radius 1 is 1.24 bits per heavy atom. The summed E-state index contributed by atoms with van der Waals surface area (Å²) >= 11 is 2.04. The summed E-state index contributed by atoms with van der Waals surface area (Å²) in [5.41, 5.74) is 1.22. The number of aromatic nitrogens is 2. The summed E-state index contributed by atoms with van der Waals surface area (Å²) in [4.78, 5) is 17.3. The minimum Gasteiger partial charge on any atom is -0.460 e. The number of carbonyl (C=O) groups excluding carboxylic acids is 1. The maximum absolute atomic E-state index is 12.7. The molecule has 2 saturated heterocycles. The molecule has 25 heavy (non-hydrogen) atoms. The third-order valence-electron chi connectivity index (χ3n) is 5.12. The van der Waals surface area contributed by atoms with E-state index in [0.717, 1.165) is 37.4 Å². The number of piperidine rings is 1. The van der Waals surface area contributed by atoms with E-state index in [4.69, 9.17) is 4.42 Å². The summed E-state index contributed by atoms with van der Waals surface area (Å²) in [6.07, 6.45) is 2.12. The van der Waals surface area contributed by atoms with E-state index in [9.17, 15) is 4.79 Å².